The van der Waals surface area contributed by atoms with Crippen molar-refractivity contribution in [2.45, 2.75) is 33.6 Å². The number of rotatable bonds is 5. The van der Waals surface area contributed by atoms with E-state index >= 15 is 0 Å². The van der Waals surface area contributed by atoms with Crippen LogP contribution in [0, 0.1) is 18.8 Å². The number of carbonyl (C=O) groups is 1. The van der Waals surface area contributed by atoms with E-state index in [-0.39, 0.29) is 12.5 Å². The van der Waals surface area contributed by atoms with Gasteiger partial charge in [-0.3, -0.25) is 4.79 Å². The topological polar surface area (TPSA) is 40.5 Å². The number of unbranched alkanes of at least 4 members (excludes halogenated alkanes) is 1. The standard InChI is InChI=1S/C17H23NO2/c1-4-6-9-18(5-2)17(20)16-12-14(3)11-15(13-16)8-7-10-19/h11-13,19H,4-6,9-10H2,1-3H3. The molecule has 0 aliphatic rings. The predicted molar refractivity (Wildman–Crippen MR) is 81.6 cm³/mol. The summed E-state index contributed by atoms with van der Waals surface area (Å²) in [6, 6.07) is 5.61. The Morgan fingerprint density at radius 1 is 1.30 bits per heavy atom. The van der Waals surface area contributed by atoms with Crippen molar-refractivity contribution in [1.29, 1.82) is 0 Å². The molecular formula is C17H23NO2. The van der Waals surface area contributed by atoms with Crippen LogP contribution in [-0.4, -0.2) is 35.6 Å². The molecule has 0 fully saturated rings. The molecule has 0 unspecified atom stereocenters. The van der Waals surface area contributed by atoms with Crippen LogP contribution < -0.4 is 0 Å². The SMILES string of the molecule is CCCCN(CC)C(=O)c1cc(C)cc(C#CCO)c1. The molecule has 3 heteroatoms. The Balaban J connectivity index is 2.99. The first kappa shape index (κ1) is 16.3. The van der Waals surface area contributed by atoms with Crippen molar-refractivity contribution in [2.75, 3.05) is 19.7 Å². The highest BCUT2D eigenvalue weighted by Gasteiger charge is 2.14. The molecule has 0 radical (unpaired) electrons. The lowest BCUT2D eigenvalue weighted by atomic mass is 10.1. The van der Waals surface area contributed by atoms with Crippen molar-refractivity contribution in [3.8, 4) is 11.8 Å². The van der Waals surface area contributed by atoms with Crippen LogP contribution in [0.2, 0.25) is 0 Å². The molecule has 1 aromatic carbocycles. The van der Waals surface area contributed by atoms with Crippen molar-refractivity contribution >= 4 is 5.91 Å². The van der Waals surface area contributed by atoms with Crippen LogP contribution >= 0.6 is 0 Å². The van der Waals surface area contributed by atoms with Gasteiger partial charge in [-0.15, -0.1) is 0 Å². The zero-order valence-electron chi connectivity index (χ0n) is 12.6. The molecule has 0 saturated heterocycles. The predicted octanol–water partition coefficient (Wildman–Crippen LogP) is 2.60. The summed E-state index contributed by atoms with van der Waals surface area (Å²) in [5.74, 6) is 5.53. The highest BCUT2D eigenvalue weighted by molar-refractivity contribution is 5.94. The van der Waals surface area contributed by atoms with Crippen LogP contribution in [0.4, 0.5) is 0 Å². The number of hydrogen-bond donors (Lipinski definition) is 1. The molecule has 3 nitrogen and oxygen atoms in total. The van der Waals surface area contributed by atoms with Crippen molar-refractivity contribution in [2.24, 2.45) is 0 Å². The maximum absolute atomic E-state index is 12.5. The Bertz CT molecular complexity index is 511. The molecule has 0 heterocycles. The fraction of sp³-hybridized carbons (Fsp3) is 0.471. The van der Waals surface area contributed by atoms with Gasteiger partial charge in [0.25, 0.3) is 5.91 Å². The summed E-state index contributed by atoms with van der Waals surface area (Å²) in [6.07, 6.45) is 2.09. The zero-order valence-corrected chi connectivity index (χ0v) is 12.6. The Hall–Kier alpha value is -1.79. The van der Waals surface area contributed by atoms with Gasteiger partial charge in [0.2, 0.25) is 0 Å². The molecule has 1 N–H and O–H groups in total. The van der Waals surface area contributed by atoms with Gasteiger partial charge < -0.3 is 10.0 Å². The number of aliphatic hydroxyl groups excluding tert-OH is 1. The monoisotopic (exact) mass is 273 g/mol. The highest BCUT2D eigenvalue weighted by atomic mass is 16.2. The van der Waals surface area contributed by atoms with Gasteiger partial charge in [0.05, 0.1) is 0 Å². The maximum atomic E-state index is 12.5. The van der Waals surface area contributed by atoms with Crippen molar-refractivity contribution in [1.82, 2.24) is 4.90 Å². The lowest BCUT2D eigenvalue weighted by Crippen LogP contribution is -2.31. The first-order chi connectivity index (χ1) is 9.62. The number of amides is 1. The highest BCUT2D eigenvalue weighted by Crippen LogP contribution is 2.12. The van der Waals surface area contributed by atoms with E-state index in [1.165, 1.54) is 0 Å². The van der Waals surface area contributed by atoms with Crippen LogP contribution in [0.3, 0.4) is 0 Å². The fourth-order valence-electron chi connectivity index (χ4n) is 2.06. The van der Waals surface area contributed by atoms with Crippen molar-refractivity contribution < 1.29 is 9.90 Å². The molecule has 0 atom stereocenters. The summed E-state index contributed by atoms with van der Waals surface area (Å²) in [4.78, 5) is 14.4. The van der Waals surface area contributed by atoms with Gasteiger partial charge >= 0.3 is 0 Å². The molecule has 20 heavy (non-hydrogen) atoms. The second kappa shape index (κ2) is 8.39. The second-order valence-electron chi connectivity index (χ2n) is 4.79. The number of aryl methyl sites for hydroxylation is 1. The summed E-state index contributed by atoms with van der Waals surface area (Å²) >= 11 is 0. The van der Waals surface area contributed by atoms with Crippen LogP contribution in [-0.2, 0) is 0 Å². The Labute approximate surface area is 121 Å². The van der Waals surface area contributed by atoms with Gasteiger partial charge in [-0.1, -0.05) is 25.2 Å². The van der Waals surface area contributed by atoms with Gasteiger partial charge in [-0.2, -0.15) is 0 Å². The normalized spacial score (nSPS) is 9.80. The van der Waals surface area contributed by atoms with Gasteiger partial charge in [0.15, 0.2) is 0 Å². The Kier molecular flexibility index (Phi) is 6.83. The Morgan fingerprint density at radius 2 is 2.05 bits per heavy atom. The maximum Gasteiger partial charge on any atom is 0.253 e. The summed E-state index contributed by atoms with van der Waals surface area (Å²) < 4.78 is 0. The van der Waals surface area contributed by atoms with E-state index in [0.717, 1.165) is 30.5 Å². The van der Waals surface area contributed by atoms with E-state index in [0.29, 0.717) is 12.1 Å². The van der Waals surface area contributed by atoms with Crippen LogP contribution in [0.1, 0.15) is 48.2 Å². The molecule has 0 bridgehead atoms. The van der Waals surface area contributed by atoms with E-state index < -0.39 is 0 Å². The molecule has 1 aromatic rings. The molecule has 0 aliphatic carbocycles. The minimum absolute atomic E-state index is 0.0525. The largest absolute Gasteiger partial charge is 0.384 e. The lowest BCUT2D eigenvalue weighted by molar-refractivity contribution is 0.0762. The third kappa shape index (κ3) is 4.71. The minimum atomic E-state index is -0.172. The second-order valence-corrected chi connectivity index (χ2v) is 4.79. The average molecular weight is 273 g/mol. The van der Waals surface area contributed by atoms with Gasteiger partial charge in [0.1, 0.15) is 6.61 Å². The molecule has 1 rings (SSSR count). The first-order valence-corrected chi connectivity index (χ1v) is 7.13. The summed E-state index contributed by atoms with van der Waals surface area (Å²) in [5.41, 5.74) is 2.45. The van der Waals surface area contributed by atoms with Crippen LogP contribution in [0.15, 0.2) is 18.2 Å². The van der Waals surface area contributed by atoms with E-state index in [1.807, 2.05) is 30.9 Å². The molecule has 0 aromatic heterocycles. The van der Waals surface area contributed by atoms with E-state index in [1.54, 1.807) is 6.07 Å². The van der Waals surface area contributed by atoms with Crippen molar-refractivity contribution in [3.05, 3.63) is 34.9 Å². The number of benzene rings is 1. The van der Waals surface area contributed by atoms with Crippen LogP contribution in [0.5, 0.6) is 0 Å². The molecule has 108 valence electrons. The van der Waals surface area contributed by atoms with Gasteiger partial charge in [-0.25, -0.2) is 0 Å². The minimum Gasteiger partial charge on any atom is -0.384 e. The average Bonchev–Trinajstić information content (AvgIpc) is 2.45. The molecule has 0 spiro atoms. The first-order valence-electron chi connectivity index (χ1n) is 7.13. The number of aliphatic hydroxyl groups is 1. The zero-order chi connectivity index (χ0) is 15.0. The summed E-state index contributed by atoms with van der Waals surface area (Å²) in [6.45, 7) is 7.39. The number of hydrogen-bond acceptors (Lipinski definition) is 2. The lowest BCUT2D eigenvalue weighted by Gasteiger charge is -2.21. The third-order valence-electron chi connectivity index (χ3n) is 3.09. The molecule has 0 aliphatic heterocycles. The smallest absolute Gasteiger partial charge is 0.253 e. The fourth-order valence-corrected chi connectivity index (χ4v) is 2.06. The number of nitrogens with zero attached hydrogens (tertiary/aromatic N) is 1. The summed E-state index contributed by atoms with van der Waals surface area (Å²) in [7, 11) is 0. The quantitative estimate of drug-likeness (QED) is 0.838. The van der Waals surface area contributed by atoms with Gasteiger partial charge in [0, 0.05) is 24.2 Å². The van der Waals surface area contributed by atoms with E-state index in [2.05, 4.69) is 18.8 Å². The van der Waals surface area contributed by atoms with E-state index in [4.69, 9.17) is 5.11 Å². The molecular weight excluding hydrogens is 250 g/mol. The summed E-state index contributed by atoms with van der Waals surface area (Å²) in [5, 5.41) is 8.75. The number of carbonyl (C=O) groups excluding carboxylic acids is 1. The molecule has 1 amide bonds. The van der Waals surface area contributed by atoms with Gasteiger partial charge in [-0.05, 0) is 44.0 Å². The Morgan fingerprint density at radius 3 is 2.65 bits per heavy atom. The third-order valence-corrected chi connectivity index (χ3v) is 3.09. The molecule has 0 saturated carbocycles. The van der Waals surface area contributed by atoms with Crippen LogP contribution in [0.25, 0.3) is 0 Å². The van der Waals surface area contributed by atoms with E-state index in [9.17, 15) is 4.79 Å². The van der Waals surface area contributed by atoms with Crippen molar-refractivity contribution in [3.63, 3.8) is 0 Å².